The fourth-order valence-corrected chi connectivity index (χ4v) is 2.77. The molecule has 104 valence electrons. The Morgan fingerprint density at radius 3 is 2.63 bits per heavy atom. The van der Waals surface area contributed by atoms with E-state index in [0.29, 0.717) is 11.6 Å². The van der Waals surface area contributed by atoms with Gasteiger partial charge in [0.1, 0.15) is 0 Å². The lowest BCUT2D eigenvalue weighted by Crippen LogP contribution is -2.39. The van der Waals surface area contributed by atoms with Crippen molar-refractivity contribution < 1.29 is 4.79 Å². The van der Waals surface area contributed by atoms with Crippen LogP contribution in [0.2, 0.25) is 0 Å². The van der Waals surface area contributed by atoms with Crippen LogP contribution in [0.3, 0.4) is 0 Å². The summed E-state index contributed by atoms with van der Waals surface area (Å²) in [4.78, 5) is 13.9. The topological polar surface area (TPSA) is 58.4 Å². The Balaban J connectivity index is 1.98. The van der Waals surface area contributed by atoms with Crippen LogP contribution in [0.1, 0.15) is 42.6 Å². The monoisotopic (exact) mass is 261 g/mol. The smallest absolute Gasteiger partial charge is 0.265 e. The second-order valence-corrected chi connectivity index (χ2v) is 5.62. The second kappa shape index (κ2) is 6.17. The van der Waals surface area contributed by atoms with Crippen molar-refractivity contribution in [2.45, 2.75) is 39.3 Å². The van der Waals surface area contributed by atoms with Crippen molar-refractivity contribution in [2.75, 3.05) is 6.54 Å². The fourth-order valence-electron chi connectivity index (χ4n) is 2.77. The largest absolute Gasteiger partial charge is 0.296 e. The molecule has 3 N–H and O–H groups in total. The van der Waals surface area contributed by atoms with Gasteiger partial charge in [0.05, 0.1) is 0 Å². The van der Waals surface area contributed by atoms with Gasteiger partial charge in [0.2, 0.25) is 0 Å². The molecule has 1 aromatic rings. The van der Waals surface area contributed by atoms with Gasteiger partial charge in [-0.05, 0) is 49.9 Å². The van der Waals surface area contributed by atoms with E-state index in [9.17, 15) is 4.79 Å². The van der Waals surface area contributed by atoms with Crippen LogP contribution in [-0.2, 0) is 6.54 Å². The average molecular weight is 261 g/mol. The van der Waals surface area contributed by atoms with Crippen molar-refractivity contribution in [1.82, 2.24) is 10.3 Å². The van der Waals surface area contributed by atoms with E-state index in [1.807, 2.05) is 24.3 Å². The van der Waals surface area contributed by atoms with Crippen LogP contribution in [0, 0.1) is 5.92 Å². The van der Waals surface area contributed by atoms with E-state index in [2.05, 4.69) is 24.2 Å². The fraction of sp³-hybridized carbons (Fsp3) is 0.533. The molecule has 1 aliphatic heterocycles. The number of nitrogen functional groups attached to an aromatic ring is 1. The molecule has 1 aromatic carbocycles. The van der Waals surface area contributed by atoms with Crippen LogP contribution in [0.25, 0.3) is 0 Å². The molecule has 4 nitrogen and oxygen atoms in total. The molecule has 0 bridgehead atoms. The highest BCUT2D eigenvalue weighted by Crippen LogP contribution is 2.23. The van der Waals surface area contributed by atoms with E-state index in [0.717, 1.165) is 19.0 Å². The van der Waals surface area contributed by atoms with Crippen molar-refractivity contribution in [3.63, 3.8) is 0 Å². The van der Waals surface area contributed by atoms with E-state index in [4.69, 9.17) is 5.84 Å². The Kier molecular flexibility index (Phi) is 4.56. The summed E-state index contributed by atoms with van der Waals surface area (Å²) in [5, 5.41) is 0. The molecular weight excluding hydrogens is 238 g/mol. The predicted octanol–water partition coefficient (Wildman–Crippen LogP) is 1.91. The van der Waals surface area contributed by atoms with Gasteiger partial charge in [-0.1, -0.05) is 19.1 Å². The van der Waals surface area contributed by atoms with E-state index >= 15 is 0 Å². The van der Waals surface area contributed by atoms with Crippen LogP contribution in [0.4, 0.5) is 0 Å². The van der Waals surface area contributed by atoms with Crippen molar-refractivity contribution in [1.29, 1.82) is 0 Å². The number of rotatable bonds is 3. The van der Waals surface area contributed by atoms with Crippen LogP contribution >= 0.6 is 0 Å². The molecule has 4 heteroatoms. The molecule has 1 heterocycles. The highest BCUT2D eigenvalue weighted by Gasteiger charge is 2.22. The minimum absolute atomic E-state index is 0.244. The zero-order valence-corrected chi connectivity index (χ0v) is 11.7. The van der Waals surface area contributed by atoms with Crippen molar-refractivity contribution >= 4 is 5.91 Å². The van der Waals surface area contributed by atoms with Gasteiger partial charge in [-0.2, -0.15) is 0 Å². The summed E-state index contributed by atoms with van der Waals surface area (Å²) in [7, 11) is 0. The normalized spacial score (nSPS) is 24.2. The Morgan fingerprint density at radius 2 is 2.05 bits per heavy atom. The first-order valence-electron chi connectivity index (χ1n) is 6.94. The molecule has 1 amide bonds. The molecular formula is C15H23N3O. The number of nitrogens with one attached hydrogen (secondary N) is 1. The number of benzene rings is 1. The molecule has 0 spiro atoms. The number of likely N-dealkylation sites (tertiary alicyclic amines) is 1. The Bertz CT molecular complexity index is 430. The Morgan fingerprint density at radius 1 is 1.37 bits per heavy atom. The predicted molar refractivity (Wildman–Crippen MR) is 76.4 cm³/mol. The lowest BCUT2D eigenvalue weighted by molar-refractivity contribution is 0.0953. The van der Waals surface area contributed by atoms with Gasteiger partial charge in [-0.25, -0.2) is 5.84 Å². The van der Waals surface area contributed by atoms with Crippen LogP contribution in [0.5, 0.6) is 0 Å². The third kappa shape index (κ3) is 3.55. The number of nitrogens with two attached hydrogens (primary N) is 1. The van der Waals surface area contributed by atoms with Crippen LogP contribution in [-0.4, -0.2) is 23.4 Å². The van der Waals surface area contributed by atoms with Gasteiger partial charge in [0.15, 0.2) is 0 Å². The van der Waals surface area contributed by atoms with E-state index in [1.54, 1.807) is 0 Å². The molecule has 19 heavy (non-hydrogen) atoms. The summed E-state index contributed by atoms with van der Waals surface area (Å²) < 4.78 is 0. The molecule has 0 aliphatic carbocycles. The minimum atomic E-state index is -0.244. The third-order valence-electron chi connectivity index (χ3n) is 4.01. The molecule has 1 saturated heterocycles. The van der Waals surface area contributed by atoms with Gasteiger partial charge >= 0.3 is 0 Å². The zero-order chi connectivity index (χ0) is 13.8. The SMILES string of the molecule is CC1CCN(Cc2ccc(C(=O)NN)cc2)C(C)C1. The first-order valence-corrected chi connectivity index (χ1v) is 6.94. The molecule has 1 aliphatic rings. The van der Waals surface area contributed by atoms with E-state index < -0.39 is 0 Å². The minimum Gasteiger partial charge on any atom is -0.296 e. The maximum absolute atomic E-state index is 11.4. The quantitative estimate of drug-likeness (QED) is 0.496. The van der Waals surface area contributed by atoms with Crippen LogP contribution in [0.15, 0.2) is 24.3 Å². The molecule has 1 fully saturated rings. The number of carbonyl (C=O) groups excluding carboxylic acids is 1. The number of amides is 1. The summed E-state index contributed by atoms with van der Waals surface area (Å²) in [6.07, 6.45) is 2.55. The summed E-state index contributed by atoms with van der Waals surface area (Å²) in [6, 6.07) is 8.31. The molecule has 2 rings (SSSR count). The molecule has 0 radical (unpaired) electrons. The molecule has 0 aromatic heterocycles. The zero-order valence-electron chi connectivity index (χ0n) is 11.7. The highest BCUT2D eigenvalue weighted by atomic mass is 16.2. The number of hydrogen-bond acceptors (Lipinski definition) is 3. The molecule has 2 unspecified atom stereocenters. The lowest BCUT2D eigenvalue weighted by atomic mass is 9.93. The lowest BCUT2D eigenvalue weighted by Gasteiger charge is -2.36. The van der Waals surface area contributed by atoms with Gasteiger partial charge in [-0.3, -0.25) is 15.1 Å². The number of hydrogen-bond donors (Lipinski definition) is 2. The maximum Gasteiger partial charge on any atom is 0.265 e. The van der Waals surface area contributed by atoms with Gasteiger partial charge in [0, 0.05) is 18.2 Å². The number of piperidine rings is 1. The average Bonchev–Trinajstić information content (AvgIpc) is 2.42. The van der Waals surface area contributed by atoms with Gasteiger partial charge in [0.25, 0.3) is 5.91 Å². The summed E-state index contributed by atoms with van der Waals surface area (Å²) >= 11 is 0. The maximum atomic E-state index is 11.4. The van der Waals surface area contributed by atoms with Crippen molar-refractivity contribution in [2.24, 2.45) is 11.8 Å². The van der Waals surface area contributed by atoms with Crippen molar-refractivity contribution in [3.8, 4) is 0 Å². The van der Waals surface area contributed by atoms with E-state index in [1.165, 1.54) is 18.4 Å². The molecule has 0 saturated carbocycles. The summed E-state index contributed by atoms with van der Waals surface area (Å²) in [5.41, 5.74) is 3.99. The second-order valence-electron chi connectivity index (χ2n) is 5.62. The van der Waals surface area contributed by atoms with Gasteiger partial charge < -0.3 is 0 Å². The first-order chi connectivity index (χ1) is 9.10. The number of carbonyl (C=O) groups is 1. The van der Waals surface area contributed by atoms with Crippen LogP contribution < -0.4 is 11.3 Å². The van der Waals surface area contributed by atoms with E-state index in [-0.39, 0.29) is 5.91 Å². The number of hydrazine groups is 1. The van der Waals surface area contributed by atoms with Crippen molar-refractivity contribution in [3.05, 3.63) is 35.4 Å². The van der Waals surface area contributed by atoms with Gasteiger partial charge in [-0.15, -0.1) is 0 Å². The summed E-state index contributed by atoms with van der Waals surface area (Å²) in [5.74, 6) is 5.71. The summed E-state index contributed by atoms with van der Waals surface area (Å²) in [6.45, 7) is 6.74. The standard InChI is InChI=1S/C15H23N3O/c1-11-7-8-18(12(2)9-11)10-13-3-5-14(6-4-13)15(19)17-16/h3-6,11-12H,7-10,16H2,1-2H3,(H,17,19). The first kappa shape index (κ1) is 14.0. The molecule has 2 atom stereocenters. The highest BCUT2D eigenvalue weighted by molar-refractivity contribution is 5.93. The number of nitrogens with zero attached hydrogens (tertiary/aromatic N) is 1. The Hall–Kier alpha value is -1.39. The third-order valence-corrected chi connectivity index (χ3v) is 4.01. The Labute approximate surface area is 114 Å².